The molecule has 184 valence electrons. The number of hydrogen-bond donors (Lipinski definition) is 2. The van der Waals surface area contributed by atoms with Gasteiger partial charge in [-0.2, -0.15) is 4.31 Å². The Balaban J connectivity index is 1.82. The van der Waals surface area contributed by atoms with E-state index in [0.717, 1.165) is 36.8 Å². The molecule has 2 N–H and O–H groups in total. The maximum absolute atomic E-state index is 13.2. The van der Waals surface area contributed by atoms with E-state index in [9.17, 15) is 18.0 Å². The summed E-state index contributed by atoms with van der Waals surface area (Å²) >= 11 is 0. The molecule has 0 radical (unpaired) electrons. The summed E-state index contributed by atoms with van der Waals surface area (Å²) in [6.45, 7) is 4.35. The van der Waals surface area contributed by atoms with Crippen LogP contribution in [0.25, 0.3) is 0 Å². The van der Waals surface area contributed by atoms with Crippen LogP contribution in [0, 0.1) is 6.92 Å². The number of hydrogen-bond acceptors (Lipinski definition) is 5. The third-order valence-electron chi connectivity index (χ3n) is 5.89. The highest BCUT2D eigenvalue weighted by Gasteiger charge is 2.26. The third-order valence-corrected chi connectivity index (χ3v) is 7.79. The van der Waals surface area contributed by atoms with Crippen LogP contribution in [-0.4, -0.2) is 44.7 Å². The zero-order valence-corrected chi connectivity index (χ0v) is 20.8. The van der Waals surface area contributed by atoms with Gasteiger partial charge >= 0.3 is 0 Å². The first-order valence-corrected chi connectivity index (χ1v) is 13.0. The number of carbonyl (C=O) groups excluding carboxylic acids is 2. The average Bonchev–Trinajstić information content (AvgIpc) is 3.09. The quantitative estimate of drug-likeness (QED) is 0.590. The minimum absolute atomic E-state index is 0.0190. The molecule has 1 unspecified atom stereocenters. The molecule has 0 spiro atoms. The first-order valence-electron chi connectivity index (χ1n) is 11.5. The van der Waals surface area contributed by atoms with Crippen LogP contribution in [0.2, 0.25) is 0 Å². The van der Waals surface area contributed by atoms with Gasteiger partial charge in [0.05, 0.1) is 30.2 Å². The topological polar surface area (TPSA) is 105 Å². The summed E-state index contributed by atoms with van der Waals surface area (Å²) in [7, 11) is -2.23. The second-order valence-corrected chi connectivity index (χ2v) is 10.5. The molecule has 1 aliphatic rings. The number of sulfonamides is 1. The van der Waals surface area contributed by atoms with Crippen molar-refractivity contribution < 1.29 is 22.7 Å². The first kappa shape index (κ1) is 25.7. The van der Waals surface area contributed by atoms with E-state index in [1.54, 1.807) is 6.07 Å². The van der Waals surface area contributed by atoms with Crippen LogP contribution < -0.4 is 15.4 Å². The van der Waals surface area contributed by atoms with Crippen molar-refractivity contribution in [1.82, 2.24) is 9.62 Å². The lowest BCUT2D eigenvalue weighted by molar-refractivity contribution is -0.120. The van der Waals surface area contributed by atoms with E-state index in [4.69, 9.17) is 4.74 Å². The molecule has 1 saturated heterocycles. The maximum Gasteiger partial charge on any atom is 0.243 e. The number of aryl methyl sites for hydroxylation is 1. The number of anilines is 1. The molecule has 1 fully saturated rings. The van der Waals surface area contributed by atoms with Crippen molar-refractivity contribution >= 4 is 27.5 Å². The molecule has 0 aliphatic carbocycles. The van der Waals surface area contributed by atoms with Crippen LogP contribution >= 0.6 is 0 Å². The number of nitrogens with zero attached hydrogens (tertiary/aromatic N) is 1. The van der Waals surface area contributed by atoms with Gasteiger partial charge in [-0.3, -0.25) is 9.59 Å². The summed E-state index contributed by atoms with van der Waals surface area (Å²) in [6.07, 6.45) is 3.69. The van der Waals surface area contributed by atoms with E-state index < -0.39 is 16.1 Å². The predicted octanol–water partition coefficient (Wildman–Crippen LogP) is 3.77. The molecular weight excluding hydrogens is 454 g/mol. The lowest BCUT2D eigenvalue weighted by Crippen LogP contribution is -2.32. The fourth-order valence-electron chi connectivity index (χ4n) is 4.06. The molecule has 2 aromatic carbocycles. The molecule has 0 saturated carbocycles. The van der Waals surface area contributed by atoms with Crippen molar-refractivity contribution in [2.75, 3.05) is 25.5 Å². The Morgan fingerprint density at radius 1 is 1.03 bits per heavy atom. The van der Waals surface area contributed by atoms with Crippen LogP contribution in [0.5, 0.6) is 5.75 Å². The molecule has 8 nitrogen and oxygen atoms in total. The van der Waals surface area contributed by atoms with E-state index in [1.807, 2.05) is 31.2 Å². The average molecular weight is 488 g/mol. The number of nitrogens with one attached hydrogen (secondary N) is 2. The fraction of sp³-hybridized carbons (Fsp3) is 0.440. The van der Waals surface area contributed by atoms with Gasteiger partial charge in [0.1, 0.15) is 5.75 Å². The lowest BCUT2D eigenvalue weighted by Gasteiger charge is -2.21. The summed E-state index contributed by atoms with van der Waals surface area (Å²) in [4.78, 5) is 24.8. The van der Waals surface area contributed by atoms with E-state index >= 15 is 0 Å². The van der Waals surface area contributed by atoms with Gasteiger partial charge in [0.25, 0.3) is 0 Å². The van der Waals surface area contributed by atoms with Gasteiger partial charge < -0.3 is 15.4 Å². The molecule has 9 heteroatoms. The Labute approximate surface area is 201 Å². The van der Waals surface area contributed by atoms with Gasteiger partial charge in [-0.25, -0.2) is 8.42 Å². The highest BCUT2D eigenvalue weighted by molar-refractivity contribution is 7.89. The largest absolute Gasteiger partial charge is 0.495 e. The zero-order chi connectivity index (χ0) is 24.7. The van der Waals surface area contributed by atoms with Gasteiger partial charge in [0.2, 0.25) is 21.8 Å². The van der Waals surface area contributed by atoms with Crippen molar-refractivity contribution in [3.63, 3.8) is 0 Å². The summed E-state index contributed by atoms with van der Waals surface area (Å²) in [6, 6.07) is 11.6. The monoisotopic (exact) mass is 487 g/mol. The van der Waals surface area contributed by atoms with Crippen LogP contribution in [-0.2, 0) is 19.6 Å². The molecule has 0 bridgehead atoms. The van der Waals surface area contributed by atoms with E-state index in [1.165, 1.54) is 30.5 Å². The number of carbonyl (C=O) groups is 2. The van der Waals surface area contributed by atoms with E-state index in [2.05, 4.69) is 10.6 Å². The first-order chi connectivity index (χ1) is 16.2. The minimum atomic E-state index is -3.69. The van der Waals surface area contributed by atoms with Crippen molar-refractivity contribution in [3.05, 3.63) is 53.6 Å². The molecule has 1 aliphatic heterocycles. The molecule has 1 atom stereocenters. The van der Waals surface area contributed by atoms with Gasteiger partial charge in [-0.15, -0.1) is 0 Å². The Kier molecular flexibility index (Phi) is 8.68. The lowest BCUT2D eigenvalue weighted by atomic mass is 10.0. The summed E-state index contributed by atoms with van der Waals surface area (Å²) in [5.41, 5.74) is 2.15. The molecule has 3 rings (SSSR count). The SMILES string of the molecule is COc1ccc(S(=O)(=O)N2CCCCCC2)cc1NC(=O)CC(NC(C)=O)c1ccc(C)cc1. The van der Waals surface area contributed by atoms with Gasteiger partial charge in [-0.05, 0) is 43.5 Å². The number of benzene rings is 2. The number of rotatable bonds is 8. The second-order valence-electron chi connectivity index (χ2n) is 8.60. The Hall–Kier alpha value is -2.91. The maximum atomic E-state index is 13.2. The smallest absolute Gasteiger partial charge is 0.243 e. The highest BCUT2D eigenvalue weighted by Crippen LogP contribution is 2.30. The van der Waals surface area contributed by atoms with Gasteiger partial charge in [-0.1, -0.05) is 42.7 Å². The Bertz CT molecular complexity index is 1110. The molecule has 34 heavy (non-hydrogen) atoms. The second kappa shape index (κ2) is 11.5. The van der Waals surface area contributed by atoms with Gasteiger partial charge in [0.15, 0.2) is 0 Å². The normalized spacial score (nSPS) is 15.7. The summed E-state index contributed by atoms with van der Waals surface area (Å²) in [5.74, 6) is -0.266. The van der Waals surface area contributed by atoms with Crippen LogP contribution in [0.1, 0.15) is 56.2 Å². The molecule has 2 aromatic rings. The molecule has 0 aromatic heterocycles. The van der Waals surface area contributed by atoms with Crippen molar-refractivity contribution in [1.29, 1.82) is 0 Å². The Morgan fingerprint density at radius 2 is 1.68 bits per heavy atom. The minimum Gasteiger partial charge on any atom is -0.495 e. The fourth-order valence-corrected chi connectivity index (χ4v) is 5.60. The van der Waals surface area contributed by atoms with Crippen LogP contribution in [0.15, 0.2) is 47.4 Å². The van der Waals surface area contributed by atoms with Crippen molar-refractivity contribution in [3.8, 4) is 5.75 Å². The Morgan fingerprint density at radius 3 is 2.26 bits per heavy atom. The number of ether oxygens (including phenoxy) is 1. The van der Waals surface area contributed by atoms with Gasteiger partial charge in [0, 0.05) is 20.0 Å². The van der Waals surface area contributed by atoms with E-state index in [-0.39, 0.29) is 28.8 Å². The van der Waals surface area contributed by atoms with Crippen LogP contribution in [0.4, 0.5) is 5.69 Å². The summed E-state index contributed by atoms with van der Waals surface area (Å²) < 4.78 is 33.3. The third kappa shape index (κ3) is 6.57. The molecular formula is C25H33N3O5S. The number of amides is 2. The molecule has 1 heterocycles. The van der Waals surface area contributed by atoms with E-state index in [0.29, 0.717) is 18.8 Å². The predicted molar refractivity (Wildman–Crippen MR) is 131 cm³/mol. The van der Waals surface area contributed by atoms with Crippen molar-refractivity contribution in [2.45, 2.75) is 56.9 Å². The summed E-state index contributed by atoms with van der Waals surface area (Å²) in [5, 5.41) is 5.59. The molecule has 2 amide bonds. The highest BCUT2D eigenvalue weighted by atomic mass is 32.2. The standard InChI is InChI=1S/C25H33N3O5S/c1-18-8-10-20(11-9-18)22(26-19(2)29)17-25(30)27-23-16-21(12-13-24(23)33-3)34(31,32)28-14-6-4-5-7-15-28/h8-13,16,22H,4-7,14-15,17H2,1-3H3,(H,26,29)(H,27,30). The van der Waals surface area contributed by atoms with Crippen molar-refractivity contribution in [2.24, 2.45) is 0 Å². The number of methoxy groups -OCH3 is 1. The van der Waals surface area contributed by atoms with Crippen LogP contribution in [0.3, 0.4) is 0 Å². The zero-order valence-electron chi connectivity index (χ0n) is 20.0.